The maximum Gasteiger partial charge on any atom is 0.323 e. The van der Waals surface area contributed by atoms with E-state index >= 15 is 0 Å². The molecular formula is C14H19NO2. The summed E-state index contributed by atoms with van der Waals surface area (Å²) in [4.78, 5) is 11.4. The molecule has 0 aromatic heterocycles. The van der Waals surface area contributed by atoms with E-state index in [1.807, 2.05) is 0 Å². The Morgan fingerprint density at radius 3 is 2.71 bits per heavy atom. The molecule has 1 aliphatic heterocycles. The van der Waals surface area contributed by atoms with Gasteiger partial charge in [0.15, 0.2) is 0 Å². The van der Waals surface area contributed by atoms with Crippen LogP contribution in [0.1, 0.15) is 36.1 Å². The Hall–Kier alpha value is -1.35. The first-order valence-corrected chi connectivity index (χ1v) is 6.08. The molecule has 0 amide bonds. The number of rotatable bonds is 3. The van der Waals surface area contributed by atoms with Crippen molar-refractivity contribution in [1.29, 1.82) is 0 Å². The summed E-state index contributed by atoms with van der Waals surface area (Å²) in [6, 6.07) is 6.43. The molecule has 0 spiro atoms. The van der Waals surface area contributed by atoms with Crippen LogP contribution in [0, 0.1) is 13.8 Å². The van der Waals surface area contributed by atoms with Crippen LogP contribution >= 0.6 is 0 Å². The van der Waals surface area contributed by atoms with Crippen LogP contribution in [-0.2, 0) is 9.53 Å². The molecule has 0 radical (unpaired) electrons. The number of esters is 1. The number of hydrogen-bond donors (Lipinski definition) is 1. The predicted molar refractivity (Wildman–Crippen MR) is 66.8 cm³/mol. The summed E-state index contributed by atoms with van der Waals surface area (Å²) < 4.78 is 4.94. The molecule has 1 N–H and O–H groups in total. The molecule has 92 valence electrons. The van der Waals surface area contributed by atoms with Gasteiger partial charge in [-0.05, 0) is 37.5 Å². The Bertz CT molecular complexity index is 428. The molecule has 17 heavy (non-hydrogen) atoms. The molecule has 1 saturated heterocycles. The van der Waals surface area contributed by atoms with E-state index in [0.717, 1.165) is 6.42 Å². The van der Waals surface area contributed by atoms with Crippen LogP contribution in [0.2, 0.25) is 0 Å². The van der Waals surface area contributed by atoms with E-state index in [0.29, 0.717) is 6.61 Å². The van der Waals surface area contributed by atoms with Gasteiger partial charge in [-0.25, -0.2) is 0 Å². The molecule has 1 fully saturated rings. The minimum atomic E-state index is -0.147. The van der Waals surface area contributed by atoms with Crippen molar-refractivity contribution < 1.29 is 9.53 Å². The average Bonchev–Trinajstić information content (AvgIpc) is 2.68. The minimum absolute atomic E-state index is 0.124. The number of ether oxygens (including phenoxy) is 1. The molecule has 1 aliphatic rings. The maximum absolute atomic E-state index is 11.4. The zero-order chi connectivity index (χ0) is 12.4. The molecule has 1 aromatic carbocycles. The molecule has 3 heteroatoms. The van der Waals surface area contributed by atoms with Gasteiger partial charge in [-0.15, -0.1) is 0 Å². The first kappa shape index (κ1) is 12.1. The normalized spacial score (nSPS) is 21.4. The second-order valence-electron chi connectivity index (χ2n) is 4.74. The number of nitrogens with one attached hydrogen (secondary N) is 1. The third kappa shape index (κ3) is 2.67. The van der Waals surface area contributed by atoms with E-state index in [4.69, 9.17) is 4.74 Å². The number of benzene rings is 1. The van der Waals surface area contributed by atoms with Gasteiger partial charge in [-0.3, -0.25) is 10.1 Å². The lowest BCUT2D eigenvalue weighted by Crippen LogP contribution is -2.35. The van der Waals surface area contributed by atoms with Crippen LogP contribution in [0.3, 0.4) is 0 Å². The van der Waals surface area contributed by atoms with E-state index in [2.05, 4.69) is 44.3 Å². The monoisotopic (exact) mass is 233 g/mol. The highest BCUT2D eigenvalue weighted by Crippen LogP contribution is 2.19. The Balaban J connectivity index is 2.06. The quantitative estimate of drug-likeness (QED) is 0.814. The van der Waals surface area contributed by atoms with Crippen molar-refractivity contribution in [3.63, 3.8) is 0 Å². The Morgan fingerprint density at radius 2 is 2.12 bits per heavy atom. The highest BCUT2D eigenvalue weighted by molar-refractivity contribution is 5.77. The molecule has 0 aliphatic carbocycles. The predicted octanol–water partition coefficient (Wildman–Crippen LogP) is 2.27. The standard InChI is InChI=1S/C14H19NO2/c1-9-4-5-12(8-10(9)2)11(3)15-13-6-7-17-14(13)16/h4-5,8,11,13,15H,6-7H2,1-3H3. The van der Waals surface area contributed by atoms with Crippen LogP contribution in [0.15, 0.2) is 18.2 Å². The lowest BCUT2D eigenvalue weighted by Gasteiger charge is -2.18. The Morgan fingerprint density at radius 1 is 1.35 bits per heavy atom. The Labute approximate surface area is 102 Å². The van der Waals surface area contributed by atoms with Gasteiger partial charge in [0, 0.05) is 12.5 Å². The highest BCUT2D eigenvalue weighted by Gasteiger charge is 2.27. The fourth-order valence-electron chi connectivity index (χ4n) is 2.08. The molecule has 2 unspecified atom stereocenters. The molecule has 0 bridgehead atoms. The van der Waals surface area contributed by atoms with Crippen molar-refractivity contribution in [3.8, 4) is 0 Å². The van der Waals surface area contributed by atoms with Crippen LogP contribution in [0.25, 0.3) is 0 Å². The number of cyclic esters (lactones) is 1. The van der Waals surface area contributed by atoms with Gasteiger partial charge in [0.1, 0.15) is 6.04 Å². The van der Waals surface area contributed by atoms with Crippen molar-refractivity contribution >= 4 is 5.97 Å². The Kier molecular flexibility index (Phi) is 3.48. The summed E-state index contributed by atoms with van der Waals surface area (Å²) in [6.45, 7) is 6.83. The van der Waals surface area contributed by atoms with Gasteiger partial charge in [0.05, 0.1) is 6.61 Å². The number of hydrogen-bond acceptors (Lipinski definition) is 3. The van der Waals surface area contributed by atoms with Crippen molar-refractivity contribution in [2.75, 3.05) is 6.61 Å². The smallest absolute Gasteiger partial charge is 0.323 e. The molecule has 3 nitrogen and oxygen atoms in total. The first-order valence-electron chi connectivity index (χ1n) is 6.08. The van der Waals surface area contributed by atoms with Crippen LogP contribution in [0.5, 0.6) is 0 Å². The van der Waals surface area contributed by atoms with Gasteiger partial charge in [-0.2, -0.15) is 0 Å². The molecular weight excluding hydrogens is 214 g/mol. The van der Waals surface area contributed by atoms with E-state index in [9.17, 15) is 4.79 Å². The zero-order valence-corrected chi connectivity index (χ0v) is 10.6. The van der Waals surface area contributed by atoms with Gasteiger partial charge in [-0.1, -0.05) is 18.2 Å². The summed E-state index contributed by atoms with van der Waals surface area (Å²) in [5.74, 6) is -0.124. The molecule has 2 rings (SSSR count). The molecule has 0 saturated carbocycles. The van der Waals surface area contributed by atoms with Gasteiger partial charge < -0.3 is 4.74 Å². The van der Waals surface area contributed by atoms with E-state index in [1.165, 1.54) is 16.7 Å². The lowest BCUT2D eigenvalue weighted by molar-refractivity contribution is -0.139. The van der Waals surface area contributed by atoms with E-state index in [1.54, 1.807) is 0 Å². The van der Waals surface area contributed by atoms with Gasteiger partial charge in [0.2, 0.25) is 0 Å². The maximum atomic E-state index is 11.4. The number of aryl methyl sites for hydroxylation is 2. The van der Waals surface area contributed by atoms with Crippen LogP contribution in [-0.4, -0.2) is 18.6 Å². The summed E-state index contributed by atoms with van der Waals surface area (Å²) >= 11 is 0. The number of carbonyl (C=O) groups excluding carboxylic acids is 1. The zero-order valence-electron chi connectivity index (χ0n) is 10.6. The summed E-state index contributed by atoms with van der Waals surface area (Å²) in [7, 11) is 0. The van der Waals surface area contributed by atoms with Gasteiger partial charge >= 0.3 is 5.97 Å². The third-order valence-electron chi connectivity index (χ3n) is 3.42. The van der Waals surface area contributed by atoms with Crippen molar-refractivity contribution in [1.82, 2.24) is 5.32 Å². The van der Waals surface area contributed by atoms with Crippen molar-refractivity contribution in [2.45, 2.75) is 39.3 Å². The first-order chi connectivity index (χ1) is 8.08. The van der Waals surface area contributed by atoms with Gasteiger partial charge in [0.25, 0.3) is 0 Å². The fourth-order valence-corrected chi connectivity index (χ4v) is 2.08. The van der Waals surface area contributed by atoms with Crippen LogP contribution < -0.4 is 5.32 Å². The van der Waals surface area contributed by atoms with E-state index in [-0.39, 0.29) is 18.1 Å². The topological polar surface area (TPSA) is 38.3 Å². The third-order valence-corrected chi connectivity index (χ3v) is 3.42. The number of carbonyl (C=O) groups is 1. The second-order valence-corrected chi connectivity index (χ2v) is 4.74. The summed E-state index contributed by atoms with van der Waals surface area (Å²) in [5, 5.41) is 3.32. The average molecular weight is 233 g/mol. The van der Waals surface area contributed by atoms with Crippen molar-refractivity contribution in [3.05, 3.63) is 34.9 Å². The highest BCUT2D eigenvalue weighted by atomic mass is 16.5. The van der Waals surface area contributed by atoms with Crippen molar-refractivity contribution in [2.24, 2.45) is 0 Å². The second kappa shape index (κ2) is 4.88. The van der Waals surface area contributed by atoms with Crippen LogP contribution in [0.4, 0.5) is 0 Å². The summed E-state index contributed by atoms with van der Waals surface area (Å²) in [6.07, 6.45) is 0.772. The van der Waals surface area contributed by atoms with E-state index < -0.39 is 0 Å². The molecule has 2 atom stereocenters. The SMILES string of the molecule is Cc1ccc(C(C)NC2CCOC2=O)cc1C. The lowest BCUT2D eigenvalue weighted by atomic mass is 10.0. The molecule has 1 aromatic rings. The molecule has 1 heterocycles. The largest absolute Gasteiger partial charge is 0.464 e. The minimum Gasteiger partial charge on any atom is -0.464 e. The summed E-state index contributed by atoms with van der Waals surface area (Å²) in [5.41, 5.74) is 3.79. The fraction of sp³-hybridized carbons (Fsp3) is 0.500.